The van der Waals surface area contributed by atoms with Crippen molar-refractivity contribution in [3.8, 4) is 0 Å². The minimum Gasteiger partial charge on any atom is -0.454 e. The summed E-state index contributed by atoms with van der Waals surface area (Å²) in [6, 6.07) is 6.90. The SMILES string of the molecule is O=C(COC(=O)Cn1c(C(F)(F)F)nc2ccccc21)Nc1ccc(F)c(F)c1F. The number of carbonyl (C=O) groups is 2. The molecular formula is C18H11F6N3O3. The number of esters is 1. The summed E-state index contributed by atoms with van der Waals surface area (Å²) >= 11 is 0. The fraction of sp³-hybridized carbons (Fsp3) is 0.167. The van der Waals surface area contributed by atoms with Gasteiger partial charge >= 0.3 is 12.1 Å². The van der Waals surface area contributed by atoms with E-state index < -0.39 is 60.2 Å². The number of carbonyl (C=O) groups excluding carboxylic acids is 2. The molecule has 158 valence electrons. The van der Waals surface area contributed by atoms with Gasteiger partial charge in [0.15, 0.2) is 24.1 Å². The van der Waals surface area contributed by atoms with Crippen molar-refractivity contribution in [2.75, 3.05) is 11.9 Å². The van der Waals surface area contributed by atoms with Crippen LogP contribution >= 0.6 is 0 Å². The molecule has 12 heteroatoms. The zero-order chi connectivity index (χ0) is 22.1. The summed E-state index contributed by atoms with van der Waals surface area (Å²) in [5, 5.41) is 1.86. The molecule has 0 aliphatic heterocycles. The van der Waals surface area contributed by atoms with Crippen LogP contribution in [0.2, 0.25) is 0 Å². The zero-order valence-corrected chi connectivity index (χ0v) is 14.8. The van der Waals surface area contributed by atoms with Crippen LogP contribution in [0.4, 0.5) is 32.0 Å². The molecule has 0 aliphatic rings. The van der Waals surface area contributed by atoms with Gasteiger partial charge < -0.3 is 14.6 Å². The van der Waals surface area contributed by atoms with Crippen LogP contribution < -0.4 is 5.32 Å². The van der Waals surface area contributed by atoms with Crippen molar-refractivity contribution in [1.82, 2.24) is 9.55 Å². The Kier molecular flexibility index (Phi) is 5.67. The minimum atomic E-state index is -4.85. The third-order valence-electron chi connectivity index (χ3n) is 3.87. The molecule has 30 heavy (non-hydrogen) atoms. The van der Waals surface area contributed by atoms with E-state index in [1.165, 1.54) is 24.3 Å². The van der Waals surface area contributed by atoms with Crippen LogP contribution in [-0.4, -0.2) is 28.0 Å². The molecular weight excluding hydrogens is 420 g/mol. The van der Waals surface area contributed by atoms with Gasteiger partial charge in [-0.05, 0) is 24.3 Å². The van der Waals surface area contributed by atoms with Crippen LogP contribution in [-0.2, 0) is 27.0 Å². The number of rotatable bonds is 5. The van der Waals surface area contributed by atoms with E-state index in [9.17, 15) is 35.9 Å². The molecule has 1 N–H and O–H groups in total. The van der Waals surface area contributed by atoms with Crippen LogP contribution in [0.5, 0.6) is 0 Å². The van der Waals surface area contributed by atoms with Crippen molar-refractivity contribution in [3.05, 3.63) is 59.7 Å². The summed E-state index contributed by atoms with van der Waals surface area (Å²) in [5.74, 6) is -8.57. The Balaban J connectivity index is 1.68. The van der Waals surface area contributed by atoms with Gasteiger partial charge in [0, 0.05) is 0 Å². The Bertz CT molecular complexity index is 1130. The lowest BCUT2D eigenvalue weighted by molar-refractivity contribution is -0.152. The summed E-state index contributed by atoms with van der Waals surface area (Å²) in [7, 11) is 0. The Labute approximate surface area is 164 Å². The molecule has 0 atom stereocenters. The number of ether oxygens (including phenoxy) is 1. The maximum atomic E-state index is 13.5. The van der Waals surface area contributed by atoms with E-state index in [-0.39, 0.29) is 11.0 Å². The second kappa shape index (κ2) is 8.05. The molecule has 0 aliphatic carbocycles. The monoisotopic (exact) mass is 431 g/mol. The largest absolute Gasteiger partial charge is 0.454 e. The van der Waals surface area contributed by atoms with Gasteiger partial charge in [-0.25, -0.2) is 18.2 Å². The lowest BCUT2D eigenvalue weighted by Gasteiger charge is -2.11. The molecule has 0 saturated carbocycles. The number of nitrogens with zero attached hydrogens (tertiary/aromatic N) is 2. The number of para-hydroxylation sites is 2. The number of amides is 1. The summed E-state index contributed by atoms with van der Waals surface area (Å²) in [6.45, 7) is -1.90. The summed E-state index contributed by atoms with van der Waals surface area (Å²) < 4.78 is 84.3. The fourth-order valence-corrected chi connectivity index (χ4v) is 2.58. The van der Waals surface area contributed by atoms with Gasteiger partial charge in [0.2, 0.25) is 5.82 Å². The van der Waals surface area contributed by atoms with E-state index in [0.717, 1.165) is 6.07 Å². The van der Waals surface area contributed by atoms with Crippen molar-refractivity contribution in [3.63, 3.8) is 0 Å². The fourth-order valence-electron chi connectivity index (χ4n) is 2.58. The van der Waals surface area contributed by atoms with Gasteiger partial charge in [-0.1, -0.05) is 12.1 Å². The Hall–Kier alpha value is -3.57. The quantitative estimate of drug-likeness (QED) is 0.380. The average Bonchev–Trinajstić information content (AvgIpc) is 3.06. The van der Waals surface area contributed by atoms with Gasteiger partial charge in [-0.3, -0.25) is 9.59 Å². The number of halogens is 6. The molecule has 2 aromatic carbocycles. The molecule has 0 unspecified atom stereocenters. The van der Waals surface area contributed by atoms with Crippen LogP contribution in [0.25, 0.3) is 11.0 Å². The smallest absolute Gasteiger partial charge is 0.449 e. The number of aromatic nitrogens is 2. The number of alkyl halides is 3. The number of hydrogen-bond acceptors (Lipinski definition) is 4. The molecule has 0 spiro atoms. The first-order valence-electron chi connectivity index (χ1n) is 8.19. The van der Waals surface area contributed by atoms with Crippen LogP contribution in [0.1, 0.15) is 5.82 Å². The van der Waals surface area contributed by atoms with Crippen molar-refractivity contribution < 1.29 is 40.7 Å². The van der Waals surface area contributed by atoms with Crippen LogP contribution in [0.3, 0.4) is 0 Å². The highest BCUT2D eigenvalue weighted by Crippen LogP contribution is 2.31. The summed E-state index contributed by atoms with van der Waals surface area (Å²) in [5.41, 5.74) is -0.672. The van der Waals surface area contributed by atoms with Gasteiger partial charge in [0.25, 0.3) is 5.91 Å². The van der Waals surface area contributed by atoms with E-state index >= 15 is 0 Å². The third-order valence-corrected chi connectivity index (χ3v) is 3.87. The number of hydrogen-bond donors (Lipinski definition) is 1. The standard InChI is InChI=1S/C18H11F6N3O3/c19-9-5-6-11(16(21)15(9)20)25-13(28)8-30-14(29)7-27-12-4-2-1-3-10(12)26-17(27)18(22,23)24/h1-6H,7-8H2,(H,25,28). The van der Waals surface area contributed by atoms with Crippen molar-refractivity contribution in [2.24, 2.45) is 0 Å². The van der Waals surface area contributed by atoms with Crippen LogP contribution in [0.15, 0.2) is 36.4 Å². The lowest BCUT2D eigenvalue weighted by atomic mass is 10.3. The van der Waals surface area contributed by atoms with Gasteiger partial charge in [0.1, 0.15) is 6.54 Å². The van der Waals surface area contributed by atoms with Gasteiger partial charge in [0.05, 0.1) is 16.7 Å². The highest BCUT2D eigenvalue weighted by atomic mass is 19.4. The number of anilines is 1. The number of benzene rings is 2. The van der Waals surface area contributed by atoms with E-state index in [4.69, 9.17) is 0 Å². The second-order valence-corrected chi connectivity index (χ2v) is 5.94. The summed E-state index contributed by atoms with van der Waals surface area (Å²) in [4.78, 5) is 27.1. The van der Waals surface area contributed by atoms with Gasteiger partial charge in [-0.2, -0.15) is 13.2 Å². The van der Waals surface area contributed by atoms with E-state index in [2.05, 4.69) is 9.72 Å². The minimum absolute atomic E-state index is 0.00387. The van der Waals surface area contributed by atoms with Gasteiger partial charge in [-0.15, -0.1) is 0 Å². The van der Waals surface area contributed by atoms with Crippen molar-refractivity contribution in [2.45, 2.75) is 12.7 Å². The Morgan fingerprint density at radius 1 is 1.03 bits per heavy atom. The van der Waals surface area contributed by atoms with Crippen molar-refractivity contribution >= 4 is 28.6 Å². The maximum Gasteiger partial charge on any atom is 0.449 e. The average molecular weight is 431 g/mol. The molecule has 1 aromatic heterocycles. The summed E-state index contributed by atoms with van der Waals surface area (Å²) in [6.07, 6.45) is -4.85. The first kappa shape index (κ1) is 21.1. The highest BCUT2D eigenvalue weighted by Gasteiger charge is 2.38. The predicted octanol–water partition coefficient (Wildman–Crippen LogP) is 3.65. The molecule has 0 fully saturated rings. The molecule has 3 aromatic rings. The topological polar surface area (TPSA) is 73.2 Å². The maximum absolute atomic E-state index is 13.5. The normalized spacial score (nSPS) is 11.5. The number of fused-ring (bicyclic) bond motifs is 1. The first-order chi connectivity index (χ1) is 14.1. The molecule has 0 radical (unpaired) electrons. The molecule has 0 bridgehead atoms. The first-order valence-corrected chi connectivity index (χ1v) is 8.19. The Morgan fingerprint density at radius 3 is 2.43 bits per heavy atom. The second-order valence-electron chi connectivity index (χ2n) is 5.94. The molecule has 3 rings (SSSR count). The molecule has 1 amide bonds. The van der Waals surface area contributed by atoms with Crippen LogP contribution in [0, 0.1) is 17.5 Å². The molecule has 6 nitrogen and oxygen atoms in total. The van der Waals surface area contributed by atoms with Crippen molar-refractivity contribution in [1.29, 1.82) is 0 Å². The van der Waals surface area contributed by atoms with E-state index in [1.54, 1.807) is 0 Å². The Morgan fingerprint density at radius 2 is 1.73 bits per heavy atom. The molecule has 0 saturated heterocycles. The number of nitrogens with one attached hydrogen (secondary N) is 1. The number of imidazole rings is 1. The van der Waals surface area contributed by atoms with E-state index in [0.29, 0.717) is 10.6 Å². The predicted molar refractivity (Wildman–Crippen MR) is 90.6 cm³/mol. The third kappa shape index (κ3) is 4.36. The van der Waals surface area contributed by atoms with E-state index in [1.807, 2.05) is 5.32 Å². The lowest BCUT2D eigenvalue weighted by Crippen LogP contribution is -2.25. The zero-order valence-electron chi connectivity index (χ0n) is 14.8. The molecule has 1 heterocycles. The highest BCUT2D eigenvalue weighted by molar-refractivity contribution is 5.93.